The van der Waals surface area contributed by atoms with E-state index < -0.39 is 0 Å². The number of ether oxygens (including phenoxy) is 1. The minimum Gasteiger partial charge on any atom is -0.491 e. The third-order valence-electron chi connectivity index (χ3n) is 5.49. The van der Waals surface area contributed by atoms with Crippen LogP contribution < -0.4 is 4.74 Å². The quantitative estimate of drug-likeness (QED) is 0.660. The van der Waals surface area contributed by atoms with E-state index in [2.05, 4.69) is 13.8 Å². The fraction of sp³-hybridized carbons (Fsp3) is 0.684. The molecule has 0 radical (unpaired) electrons. The minimum atomic E-state index is -0.251. The number of benzene rings is 1. The van der Waals surface area contributed by atoms with Crippen molar-refractivity contribution in [3.63, 3.8) is 0 Å². The second-order valence-corrected chi connectivity index (χ2v) is 8.49. The molecule has 2 bridgehead atoms. The van der Waals surface area contributed by atoms with Crippen molar-refractivity contribution in [3.8, 4) is 5.75 Å². The predicted octanol–water partition coefficient (Wildman–Crippen LogP) is 6.02. The summed E-state index contributed by atoms with van der Waals surface area (Å²) >= 11 is 6.19. The van der Waals surface area contributed by atoms with Crippen LogP contribution in [0, 0.1) is 35.9 Å². The summed E-state index contributed by atoms with van der Waals surface area (Å²) in [5, 5.41) is 0.507. The van der Waals surface area contributed by atoms with Gasteiger partial charge in [0.1, 0.15) is 11.6 Å². The molecule has 1 aromatic carbocycles. The van der Waals surface area contributed by atoms with Gasteiger partial charge in [0.15, 0.2) is 0 Å². The fourth-order valence-corrected chi connectivity index (χ4v) is 5.09. The summed E-state index contributed by atoms with van der Waals surface area (Å²) < 4.78 is 19.6. The molecule has 0 spiro atoms. The van der Waals surface area contributed by atoms with E-state index >= 15 is 0 Å². The first-order valence-corrected chi connectivity index (χ1v) is 8.81. The first kappa shape index (κ1) is 16.1. The van der Waals surface area contributed by atoms with Gasteiger partial charge >= 0.3 is 0 Å². The number of hydrogen-bond donors (Lipinski definition) is 0. The van der Waals surface area contributed by atoms with Crippen LogP contribution in [0.15, 0.2) is 12.1 Å². The monoisotopic (exact) mass is 324 g/mol. The van der Waals surface area contributed by atoms with Gasteiger partial charge < -0.3 is 4.74 Å². The Labute approximate surface area is 138 Å². The van der Waals surface area contributed by atoms with Crippen LogP contribution in [0.2, 0.25) is 5.02 Å². The Balaban J connectivity index is 1.67. The van der Waals surface area contributed by atoms with E-state index in [-0.39, 0.29) is 11.2 Å². The van der Waals surface area contributed by atoms with Gasteiger partial charge in [-0.05, 0) is 68.4 Å². The highest BCUT2D eigenvalue weighted by Gasteiger charge is 2.41. The van der Waals surface area contributed by atoms with Crippen LogP contribution in [0.3, 0.4) is 0 Å². The maximum atomic E-state index is 13.7. The summed E-state index contributed by atoms with van der Waals surface area (Å²) in [5.41, 5.74) is 0.753. The zero-order valence-electron chi connectivity index (χ0n) is 13.8. The second-order valence-electron chi connectivity index (χ2n) is 8.08. The van der Waals surface area contributed by atoms with Crippen LogP contribution in [0.25, 0.3) is 0 Å². The van der Waals surface area contributed by atoms with Gasteiger partial charge in [-0.3, -0.25) is 0 Å². The fourth-order valence-electron chi connectivity index (χ4n) is 4.82. The van der Waals surface area contributed by atoms with E-state index in [9.17, 15) is 4.39 Å². The molecule has 3 heteroatoms. The van der Waals surface area contributed by atoms with Crippen molar-refractivity contribution in [1.82, 2.24) is 0 Å². The first-order valence-electron chi connectivity index (χ1n) is 8.43. The molecule has 122 valence electrons. The van der Waals surface area contributed by atoms with E-state index in [0.717, 1.165) is 17.8 Å². The summed E-state index contributed by atoms with van der Waals surface area (Å²) in [6, 6.07) is 3.07. The van der Waals surface area contributed by atoms with E-state index in [1.54, 1.807) is 13.0 Å². The summed E-state index contributed by atoms with van der Waals surface area (Å²) in [6.45, 7) is 7.06. The van der Waals surface area contributed by atoms with Gasteiger partial charge in [-0.2, -0.15) is 0 Å². The summed E-state index contributed by atoms with van der Waals surface area (Å²) in [4.78, 5) is 0. The van der Waals surface area contributed by atoms with Crippen molar-refractivity contribution in [2.24, 2.45) is 23.2 Å². The molecule has 2 atom stereocenters. The van der Waals surface area contributed by atoms with Crippen LogP contribution in [0.5, 0.6) is 5.75 Å². The van der Waals surface area contributed by atoms with Crippen LogP contribution in [-0.2, 0) is 0 Å². The molecule has 0 aromatic heterocycles. The molecule has 2 aliphatic carbocycles. The highest BCUT2D eigenvalue weighted by molar-refractivity contribution is 6.32. The Hall–Kier alpha value is -0.760. The number of rotatable bonds is 3. The largest absolute Gasteiger partial charge is 0.491 e. The zero-order chi connectivity index (χ0) is 15.9. The Morgan fingerprint density at radius 2 is 1.86 bits per heavy atom. The number of halogens is 2. The number of fused-ring (bicyclic) bond motifs is 2. The lowest BCUT2D eigenvalue weighted by Crippen LogP contribution is -2.39. The van der Waals surface area contributed by atoms with Crippen LogP contribution in [0.4, 0.5) is 4.39 Å². The maximum absolute atomic E-state index is 13.7. The molecule has 2 saturated carbocycles. The standard InChI is InChI=1S/C19H26ClFO/c1-12-4-14-7-15(5-12)10-19(3,9-14)11-22-18-8-17(21)13(2)6-16(18)20/h6,8,12,14-15H,4-5,7,9-11H2,1-3H3. The second kappa shape index (κ2) is 6.03. The van der Waals surface area contributed by atoms with Gasteiger partial charge in [-0.25, -0.2) is 4.39 Å². The lowest BCUT2D eigenvalue weighted by atomic mass is 9.60. The molecule has 1 aromatic rings. The summed E-state index contributed by atoms with van der Waals surface area (Å²) in [5.74, 6) is 2.77. The molecule has 0 heterocycles. The van der Waals surface area contributed by atoms with Crippen molar-refractivity contribution in [2.45, 2.75) is 52.9 Å². The van der Waals surface area contributed by atoms with Gasteiger partial charge in [0.25, 0.3) is 0 Å². The highest BCUT2D eigenvalue weighted by Crippen LogP contribution is 2.50. The summed E-state index contributed by atoms with van der Waals surface area (Å²) in [6.07, 6.45) is 6.54. The smallest absolute Gasteiger partial charge is 0.140 e. The van der Waals surface area contributed by atoms with E-state index in [0.29, 0.717) is 22.9 Å². The zero-order valence-corrected chi connectivity index (χ0v) is 14.5. The molecule has 2 aliphatic rings. The Morgan fingerprint density at radius 3 is 2.50 bits per heavy atom. The normalized spacial score (nSPS) is 34.5. The van der Waals surface area contributed by atoms with Crippen molar-refractivity contribution in [3.05, 3.63) is 28.5 Å². The predicted molar refractivity (Wildman–Crippen MR) is 89.0 cm³/mol. The number of hydrogen-bond acceptors (Lipinski definition) is 1. The molecule has 2 unspecified atom stereocenters. The Kier molecular flexibility index (Phi) is 4.42. The molecule has 0 N–H and O–H groups in total. The Bertz CT molecular complexity index is 539. The SMILES string of the molecule is Cc1cc(Cl)c(OCC2(C)CC3CC(C)CC(C3)C2)cc1F. The third kappa shape index (κ3) is 3.42. The van der Waals surface area contributed by atoms with Crippen molar-refractivity contribution in [1.29, 1.82) is 0 Å². The van der Waals surface area contributed by atoms with Crippen LogP contribution >= 0.6 is 11.6 Å². The van der Waals surface area contributed by atoms with Gasteiger partial charge in [0.05, 0.1) is 11.6 Å². The maximum Gasteiger partial charge on any atom is 0.140 e. The van der Waals surface area contributed by atoms with Crippen molar-refractivity contribution < 1.29 is 9.13 Å². The van der Waals surface area contributed by atoms with E-state index in [4.69, 9.17) is 16.3 Å². The first-order chi connectivity index (χ1) is 10.3. The lowest BCUT2D eigenvalue weighted by molar-refractivity contribution is 0.0146. The van der Waals surface area contributed by atoms with E-state index in [1.807, 2.05) is 0 Å². The molecule has 1 nitrogen and oxygen atoms in total. The van der Waals surface area contributed by atoms with E-state index in [1.165, 1.54) is 38.2 Å². The molecular formula is C19H26ClFO. The molecule has 3 rings (SSSR count). The number of aryl methyl sites for hydroxylation is 1. The topological polar surface area (TPSA) is 9.23 Å². The average molecular weight is 325 g/mol. The molecule has 22 heavy (non-hydrogen) atoms. The van der Waals surface area contributed by atoms with Crippen molar-refractivity contribution in [2.75, 3.05) is 6.61 Å². The molecule has 2 fully saturated rings. The van der Waals surface area contributed by atoms with Crippen LogP contribution in [-0.4, -0.2) is 6.61 Å². The average Bonchev–Trinajstić information content (AvgIpc) is 2.39. The molecule has 0 saturated heterocycles. The Morgan fingerprint density at radius 1 is 1.23 bits per heavy atom. The van der Waals surface area contributed by atoms with Gasteiger partial charge in [-0.15, -0.1) is 0 Å². The van der Waals surface area contributed by atoms with Gasteiger partial charge in [-0.1, -0.05) is 25.4 Å². The lowest BCUT2D eigenvalue weighted by Gasteiger charge is -2.47. The highest BCUT2D eigenvalue weighted by atomic mass is 35.5. The van der Waals surface area contributed by atoms with Crippen LogP contribution in [0.1, 0.15) is 51.5 Å². The van der Waals surface area contributed by atoms with Gasteiger partial charge in [0.2, 0.25) is 0 Å². The third-order valence-corrected chi connectivity index (χ3v) is 5.79. The molecule has 0 amide bonds. The molecular weight excluding hydrogens is 299 g/mol. The minimum absolute atomic E-state index is 0.193. The van der Waals surface area contributed by atoms with Crippen molar-refractivity contribution >= 4 is 11.6 Å². The summed E-state index contributed by atoms with van der Waals surface area (Å²) in [7, 11) is 0. The van der Waals surface area contributed by atoms with Gasteiger partial charge in [0, 0.05) is 11.5 Å². The molecule has 0 aliphatic heterocycles.